The van der Waals surface area contributed by atoms with E-state index in [4.69, 9.17) is 5.73 Å². The van der Waals surface area contributed by atoms with Crippen LogP contribution in [0.1, 0.15) is 0 Å². The summed E-state index contributed by atoms with van der Waals surface area (Å²) in [7, 11) is 1.80. The van der Waals surface area contributed by atoms with Gasteiger partial charge in [-0.25, -0.2) is 4.98 Å². The maximum Gasteiger partial charge on any atom is 0.222 e. The summed E-state index contributed by atoms with van der Waals surface area (Å²) in [5.74, 6) is 0.919. The minimum absolute atomic E-state index is 0.223. The quantitative estimate of drug-likeness (QED) is 0.726. The van der Waals surface area contributed by atoms with Gasteiger partial charge in [-0.3, -0.25) is 0 Å². The van der Waals surface area contributed by atoms with Gasteiger partial charge in [0, 0.05) is 18.0 Å². The van der Waals surface area contributed by atoms with Crippen LogP contribution in [0.3, 0.4) is 0 Å². The average molecular weight is 312 g/mol. The van der Waals surface area contributed by atoms with Crippen molar-refractivity contribution in [2.75, 3.05) is 24.4 Å². The van der Waals surface area contributed by atoms with E-state index >= 15 is 0 Å². The van der Waals surface area contributed by atoms with Gasteiger partial charge in [0.05, 0.1) is 5.52 Å². The molecule has 3 aromatic rings. The van der Waals surface area contributed by atoms with Crippen molar-refractivity contribution >= 4 is 33.8 Å². The summed E-state index contributed by atoms with van der Waals surface area (Å²) in [5, 5.41) is 3.92. The lowest BCUT2D eigenvalue weighted by atomic mass is 10.0. The lowest BCUT2D eigenvalue weighted by Crippen LogP contribution is -2.02. The number of nitrogens with two attached hydrogens (primary N) is 1. The highest BCUT2D eigenvalue weighted by atomic mass is 32.2. The molecule has 0 radical (unpaired) electrons. The number of nitrogens with zero attached hydrogens (tertiary/aromatic N) is 2. The van der Waals surface area contributed by atoms with Crippen LogP contribution < -0.4 is 11.1 Å². The maximum absolute atomic E-state index is 11.9. The van der Waals surface area contributed by atoms with Crippen molar-refractivity contribution in [2.24, 2.45) is 0 Å². The molecule has 0 saturated heterocycles. The highest BCUT2D eigenvalue weighted by Crippen LogP contribution is 2.31. The zero-order valence-corrected chi connectivity index (χ0v) is 13.1. The molecule has 0 aliphatic carbocycles. The summed E-state index contributed by atoms with van der Waals surface area (Å²) in [6.07, 6.45) is 1.68. The first-order valence-electron chi connectivity index (χ1n) is 6.78. The highest BCUT2D eigenvalue weighted by molar-refractivity contribution is 7.90. The third kappa shape index (κ3) is 2.58. The minimum Gasteiger partial charge on any atom is -0.612 e. The topological polar surface area (TPSA) is 86.9 Å². The molecule has 0 fully saturated rings. The zero-order valence-electron chi connectivity index (χ0n) is 12.3. The Morgan fingerprint density at radius 2 is 1.91 bits per heavy atom. The summed E-state index contributed by atoms with van der Waals surface area (Å²) >= 11 is -1.05. The Bertz CT molecular complexity index is 835. The summed E-state index contributed by atoms with van der Waals surface area (Å²) < 4.78 is 11.9. The van der Waals surface area contributed by atoms with Crippen molar-refractivity contribution in [1.82, 2.24) is 9.97 Å². The normalized spacial score (nSPS) is 12.3. The zero-order chi connectivity index (χ0) is 15.7. The molecule has 0 saturated carbocycles. The van der Waals surface area contributed by atoms with Crippen molar-refractivity contribution in [3.05, 3.63) is 42.5 Å². The van der Waals surface area contributed by atoms with Crippen LogP contribution in [-0.4, -0.2) is 27.8 Å². The first-order valence-corrected chi connectivity index (χ1v) is 8.34. The maximum atomic E-state index is 11.9. The summed E-state index contributed by atoms with van der Waals surface area (Å²) in [6, 6.07) is 13.5. The van der Waals surface area contributed by atoms with Crippen LogP contribution in [0.15, 0.2) is 47.4 Å². The van der Waals surface area contributed by atoms with Crippen LogP contribution in [0.2, 0.25) is 0 Å². The van der Waals surface area contributed by atoms with Gasteiger partial charge in [0.25, 0.3) is 0 Å². The van der Waals surface area contributed by atoms with E-state index in [1.54, 1.807) is 13.3 Å². The van der Waals surface area contributed by atoms with Gasteiger partial charge in [0.2, 0.25) is 5.95 Å². The molecule has 6 heteroatoms. The number of nitrogen functional groups attached to an aromatic ring is 1. The third-order valence-corrected chi connectivity index (χ3v) is 4.43. The molecule has 3 N–H and O–H groups in total. The van der Waals surface area contributed by atoms with Crippen molar-refractivity contribution in [3.63, 3.8) is 0 Å². The van der Waals surface area contributed by atoms with Crippen LogP contribution in [0.4, 0.5) is 11.8 Å². The molecule has 112 valence electrons. The van der Waals surface area contributed by atoms with Crippen LogP contribution in [0, 0.1) is 0 Å². The Labute approximate surface area is 131 Å². The summed E-state index contributed by atoms with van der Waals surface area (Å²) in [6.45, 7) is 0. The van der Waals surface area contributed by atoms with Gasteiger partial charge in [-0.15, -0.1) is 0 Å². The highest BCUT2D eigenvalue weighted by Gasteiger charge is 2.14. The Kier molecular flexibility index (Phi) is 3.87. The van der Waals surface area contributed by atoms with E-state index in [1.165, 1.54) is 0 Å². The van der Waals surface area contributed by atoms with Gasteiger partial charge >= 0.3 is 0 Å². The lowest BCUT2D eigenvalue weighted by molar-refractivity contribution is 0.601. The van der Waals surface area contributed by atoms with Gasteiger partial charge in [0.1, 0.15) is 12.1 Å². The first kappa shape index (κ1) is 14.6. The predicted octanol–water partition coefficient (Wildman–Crippen LogP) is 2.66. The molecule has 1 aromatic heterocycles. The molecule has 0 amide bonds. The van der Waals surface area contributed by atoms with E-state index in [-0.39, 0.29) is 5.95 Å². The Morgan fingerprint density at radius 1 is 1.14 bits per heavy atom. The molecular weight excluding hydrogens is 296 g/mol. The van der Waals surface area contributed by atoms with E-state index in [1.807, 2.05) is 42.5 Å². The SMILES string of the molecule is CNc1nc(N)nc2cc(-c3ccccc3[S+](C)[O-])ccc12. The first-order chi connectivity index (χ1) is 10.6. The number of nitrogens with one attached hydrogen (secondary N) is 1. The molecule has 1 atom stereocenters. The van der Waals surface area contributed by atoms with Gasteiger partial charge in [-0.1, -0.05) is 18.2 Å². The smallest absolute Gasteiger partial charge is 0.222 e. The molecule has 22 heavy (non-hydrogen) atoms. The fraction of sp³-hybridized carbons (Fsp3) is 0.125. The van der Waals surface area contributed by atoms with Crippen LogP contribution >= 0.6 is 0 Å². The molecule has 0 bridgehead atoms. The van der Waals surface area contributed by atoms with Crippen LogP contribution in [0.5, 0.6) is 0 Å². The Morgan fingerprint density at radius 3 is 2.64 bits per heavy atom. The minimum atomic E-state index is -1.05. The van der Waals surface area contributed by atoms with Crippen molar-refractivity contribution in [1.29, 1.82) is 0 Å². The second kappa shape index (κ2) is 5.82. The van der Waals surface area contributed by atoms with E-state index in [0.29, 0.717) is 5.82 Å². The van der Waals surface area contributed by atoms with E-state index in [0.717, 1.165) is 26.9 Å². The fourth-order valence-corrected chi connectivity index (χ4v) is 3.23. The number of aromatic nitrogens is 2. The number of rotatable bonds is 3. The molecule has 5 nitrogen and oxygen atoms in total. The van der Waals surface area contributed by atoms with E-state index < -0.39 is 11.2 Å². The number of hydrogen-bond donors (Lipinski definition) is 2. The van der Waals surface area contributed by atoms with Crippen molar-refractivity contribution in [3.8, 4) is 11.1 Å². The number of anilines is 2. The molecule has 1 heterocycles. The number of benzene rings is 2. The van der Waals surface area contributed by atoms with Gasteiger partial charge in [0.15, 0.2) is 4.90 Å². The average Bonchev–Trinajstić information content (AvgIpc) is 2.53. The number of fused-ring (bicyclic) bond motifs is 1. The molecule has 0 aliphatic rings. The van der Waals surface area contributed by atoms with Crippen LogP contribution in [-0.2, 0) is 11.2 Å². The standard InChI is InChI=1S/C16H16N4OS/c1-18-15-12-8-7-10(9-13(12)19-16(17)20-15)11-5-3-4-6-14(11)22(2)21/h3-9H,1-2H3,(H3,17,18,19,20). The molecule has 1 unspecified atom stereocenters. The predicted molar refractivity (Wildman–Crippen MR) is 91.3 cm³/mol. The summed E-state index contributed by atoms with van der Waals surface area (Å²) in [5.41, 5.74) is 8.41. The van der Waals surface area contributed by atoms with E-state index in [9.17, 15) is 4.55 Å². The third-order valence-electron chi connectivity index (χ3n) is 3.46. The molecule has 3 rings (SSSR count). The molecular formula is C16H16N4OS. The van der Waals surface area contributed by atoms with Crippen molar-refractivity contribution in [2.45, 2.75) is 4.90 Å². The van der Waals surface area contributed by atoms with Crippen molar-refractivity contribution < 1.29 is 4.55 Å². The molecule has 0 aliphatic heterocycles. The van der Waals surface area contributed by atoms with E-state index in [2.05, 4.69) is 15.3 Å². The number of hydrogen-bond acceptors (Lipinski definition) is 5. The second-order valence-corrected chi connectivity index (χ2v) is 6.21. The van der Waals surface area contributed by atoms with Gasteiger partial charge < -0.3 is 15.6 Å². The van der Waals surface area contributed by atoms with Gasteiger partial charge in [-0.05, 0) is 41.0 Å². The van der Waals surface area contributed by atoms with Gasteiger partial charge in [-0.2, -0.15) is 4.98 Å². The van der Waals surface area contributed by atoms with Crippen LogP contribution in [0.25, 0.3) is 22.0 Å². The monoisotopic (exact) mass is 312 g/mol. The lowest BCUT2D eigenvalue weighted by Gasteiger charge is -2.12. The molecule has 2 aromatic carbocycles. The fourth-order valence-electron chi connectivity index (χ4n) is 2.46. The summed E-state index contributed by atoms with van der Waals surface area (Å²) in [4.78, 5) is 9.27. The molecule has 0 spiro atoms. The Balaban J connectivity index is 2.22. The largest absolute Gasteiger partial charge is 0.612 e. The second-order valence-electron chi connectivity index (χ2n) is 4.86. The Hall–Kier alpha value is -2.31.